The van der Waals surface area contributed by atoms with Gasteiger partial charge in [-0.05, 0) is 25.0 Å². The molecule has 3 nitrogen and oxygen atoms in total. The first-order valence-electron chi connectivity index (χ1n) is 4.70. The second-order valence-electron chi connectivity index (χ2n) is 3.46. The van der Waals surface area contributed by atoms with Gasteiger partial charge in [0, 0.05) is 0 Å². The Labute approximate surface area is 82.3 Å². The molecule has 2 rings (SSSR count). The lowest BCUT2D eigenvalue weighted by Crippen LogP contribution is -2.41. The SMILES string of the molecule is O=Cc1ccccc1O[C@H]1CC[C@@H]1O. The van der Waals surface area contributed by atoms with E-state index in [0.717, 1.165) is 19.1 Å². The summed E-state index contributed by atoms with van der Waals surface area (Å²) in [6.45, 7) is 0. The number of rotatable bonds is 3. The molecule has 0 bridgehead atoms. The number of aliphatic hydroxyl groups is 1. The lowest BCUT2D eigenvalue weighted by molar-refractivity contribution is -0.0363. The van der Waals surface area contributed by atoms with Crippen LogP contribution in [0.15, 0.2) is 24.3 Å². The molecule has 1 N–H and O–H groups in total. The molecule has 1 aliphatic rings. The molecule has 0 aromatic heterocycles. The second-order valence-corrected chi connectivity index (χ2v) is 3.46. The minimum absolute atomic E-state index is 0.143. The van der Waals surface area contributed by atoms with E-state index in [1.165, 1.54) is 0 Å². The van der Waals surface area contributed by atoms with Crippen molar-refractivity contribution in [3.63, 3.8) is 0 Å². The normalized spacial score (nSPS) is 25.2. The number of hydrogen-bond donors (Lipinski definition) is 1. The molecule has 0 amide bonds. The largest absolute Gasteiger partial charge is 0.487 e. The van der Waals surface area contributed by atoms with Gasteiger partial charge in [0.1, 0.15) is 11.9 Å². The quantitative estimate of drug-likeness (QED) is 0.736. The Morgan fingerprint density at radius 3 is 2.71 bits per heavy atom. The molecule has 0 radical (unpaired) electrons. The van der Waals surface area contributed by atoms with E-state index in [9.17, 15) is 9.90 Å². The summed E-state index contributed by atoms with van der Waals surface area (Å²) in [5, 5.41) is 9.32. The first-order chi connectivity index (χ1) is 6.81. The summed E-state index contributed by atoms with van der Waals surface area (Å²) < 4.78 is 5.50. The van der Waals surface area contributed by atoms with Gasteiger partial charge in [-0.1, -0.05) is 12.1 Å². The highest BCUT2D eigenvalue weighted by Crippen LogP contribution is 2.27. The maximum absolute atomic E-state index is 10.7. The Kier molecular flexibility index (Phi) is 2.50. The maximum Gasteiger partial charge on any atom is 0.153 e. The lowest BCUT2D eigenvalue weighted by atomic mass is 9.92. The third-order valence-corrected chi connectivity index (χ3v) is 2.50. The molecule has 1 fully saturated rings. The summed E-state index contributed by atoms with van der Waals surface area (Å²) in [4.78, 5) is 10.7. The predicted molar refractivity (Wildman–Crippen MR) is 51.5 cm³/mol. The van der Waals surface area contributed by atoms with Crippen molar-refractivity contribution in [1.82, 2.24) is 0 Å². The minimum Gasteiger partial charge on any atom is -0.487 e. The summed E-state index contributed by atoms with van der Waals surface area (Å²) in [6, 6.07) is 7.04. The van der Waals surface area contributed by atoms with Gasteiger partial charge in [-0.2, -0.15) is 0 Å². The van der Waals surface area contributed by atoms with Gasteiger partial charge in [0.25, 0.3) is 0 Å². The number of carbonyl (C=O) groups is 1. The van der Waals surface area contributed by atoms with Crippen LogP contribution in [0, 0.1) is 0 Å². The van der Waals surface area contributed by atoms with Crippen molar-refractivity contribution in [2.75, 3.05) is 0 Å². The Morgan fingerprint density at radius 1 is 1.36 bits per heavy atom. The van der Waals surface area contributed by atoms with E-state index in [0.29, 0.717) is 11.3 Å². The summed E-state index contributed by atoms with van der Waals surface area (Å²) in [5.41, 5.74) is 0.534. The Bertz CT molecular complexity index is 335. The fourth-order valence-electron chi connectivity index (χ4n) is 1.44. The number of ether oxygens (including phenoxy) is 1. The molecule has 1 aromatic rings. The molecule has 2 atom stereocenters. The van der Waals surface area contributed by atoms with Crippen molar-refractivity contribution in [2.45, 2.75) is 25.0 Å². The van der Waals surface area contributed by atoms with Crippen molar-refractivity contribution < 1.29 is 14.6 Å². The fourth-order valence-corrected chi connectivity index (χ4v) is 1.44. The standard InChI is InChI=1S/C11H12O3/c12-7-8-3-1-2-4-10(8)14-11-6-5-9(11)13/h1-4,7,9,11,13H,5-6H2/t9-,11-/m0/s1. The Hall–Kier alpha value is -1.35. The van der Waals surface area contributed by atoms with Gasteiger partial charge in [-0.25, -0.2) is 0 Å². The van der Waals surface area contributed by atoms with Crippen molar-refractivity contribution in [2.24, 2.45) is 0 Å². The van der Waals surface area contributed by atoms with Gasteiger partial charge in [-0.3, -0.25) is 4.79 Å². The number of aliphatic hydroxyl groups excluding tert-OH is 1. The molecule has 0 spiro atoms. The topological polar surface area (TPSA) is 46.5 Å². The fraction of sp³-hybridized carbons (Fsp3) is 0.364. The van der Waals surface area contributed by atoms with E-state index in [4.69, 9.17) is 4.74 Å². The van der Waals surface area contributed by atoms with E-state index >= 15 is 0 Å². The van der Waals surface area contributed by atoms with Gasteiger partial charge < -0.3 is 9.84 Å². The first kappa shape index (κ1) is 9.21. The summed E-state index contributed by atoms with van der Waals surface area (Å²) in [6.07, 6.45) is 1.88. The zero-order chi connectivity index (χ0) is 9.97. The van der Waals surface area contributed by atoms with Crippen LogP contribution in [0.2, 0.25) is 0 Å². The molecule has 14 heavy (non-hydrogen) atoms. The average molecular weight is 192 g/mol. The predicted octanol–water partition coefficient (Wildman–Crippen LogP) is 1.40. The number of hydrogen-bond acceptors (Lipinski definition) is 3. The van der Waals surface area contributed by atoms with Crippen LogP contribution in [0.1, 0.15) is 23.2 Å². The molecule has 0 saturated heterocycles. The molecular weight excluding hydrogens is 180 g/mol. The summed E-state index contributed by atoms with van der Waals surface area (Å²) in [7, 11) is 0. The lowest BCUT2D eigenvalue weighted by Gasteiger charge is -2.32. The number of benzene rings is 1. The highest BCUT2D eigenvalue weighted by atomic mass is 16.5. The monoisotopic (exact) mass is 192 g/mol. The third kappa shape index (κ3) is 1.63. The molecule has 1 saturated carbocycles. The number of carbonyl (C=O) groups excluding carboxylic acids is 1. The molecule has 0 unspecified atom stereocenters. The molecule has 1 aliphatic carbocycles. The molecule has 3 heteroatoms. The van der Waals surface area contributed by atoms with Crippen LogP contribution in [0.5, 0.6) is 5.75 Å². The summed E-state index contributed by atoms with van der Waals surface area (Å²) in [5.74, 6) is 0.561. The van der Waals surface area contributed by atoms with Crippen LogP contribution in [-0.4, -0.2) is 23.6 Å². The van der Waals surface area contributed by atoms with Crippen LogP contribution in [-0.2, 0) is 0 Å². The van der Waals surface area contributed by atoms with Crippen LogP contribution in [0.25, 0.3) is 0 Å². The highest BCUT2D eigenvalue weighted by molar-refractivity contribution is 5.79. The van der Waals surface area contributed by atoms with E-state index in [1.807, 2.05) is 6.07 Å². The van der Waals surface area contributed by atoms with Crippen molar-refractivity contribution in [3.8, 4) is 5.75 Å². The minimum atomic E-state index is -0.380. The van der Waals surface area contributed by atoms with Crippen molar-refractivity contribution in [3.05, 3.63) is 29.8 Å². The van der Waals surface area contributed by atoms with E-state index in [2.05, 4.69) is 0 Å². The van der Waals surface area contributed by atoms with Crippen molar-refractivity contribution in [1.29, 1.82) is 0 Å². The van der Waals surface area contributed by atoms with E-state index in [-0.39, 0.29) is 12.2 Å². The van der Waals surface area contributed by atoms with Crippen LogP contribution in [0.4, 0.5) is 0 Å². The summed E-state index contributed by atoms with van der Waals surface area (Å²) >= 11 is 0. The molecule has 74 valence electrons. The van der Waals surface area contributed by atoms with E-state index in [1.54, 1.807) is 18.2 Å². The van der Waals surface area contributed by atoms with Gasteiger partial charge in [0.05, 0.1) is 11.7 Å². The van der Waals surface area contributed by atoms with Gasteiger partial charge in [0.15, 0.2) is 6.29 Å². The van der Waals surface area contributed by atoms with Crippen LogP contribution in [0.3, 0.4) is 0 Å². The molecular formula is C11H12O3. The van der Waals surface area contributed by atoms with Gasteiger partial charge >= 0.3 is 0 Å². The zero-order valence-corrected chi connectivity index (χ0v) is 7.72. The molecule has 0 aliphatic heterocycles. The average Bonchev–Trinajstić information content (AvgIpc) is 2.24. The number of aldehydes is 1. The van der Waals surface area contributed by atoms with Crippen LogP contribution >= 0.6 is 0 Å². The zero-order valence-electron chi connectivity index (χ0n) is 7.72. The van der Waals surface area contributed by atoms with Gasteiger partial charge in [0.2, 0.25) is 0 Å². The maximum atomic E-state index is 10.7. The second kappa shape index (κ2) is 3.80. The van der Waals surface area contributed by atoms with Gasteiger partial charge in [-0.15, -0.1) is 0 Å². The smallest absolute Gasteiger partial charge is 0.153 e. The number of para-hydroxylation sites is 1. The van der Waals surface area contributed by atoms with Crippen LogP contribution < -0.4 is 4.74 Å². The third-order valence-electron chi connectivity index (χ3n) is 2.50. The Morgan fingerprint density at radius 2 is 2.14 bits per heavy atom. The Balaban J connectivity index is 2.11. The molecule has 1 aromatic carbocycles. The van der Waals surface area contributed by atoms with Crippen molar-refractivity contribution >= 4 is 6.29 Å². The van der Waals surface area contributed by atoms with E-state index < -0.39 is 0 Å². The first-order valence-corrected chi connectivity index (χ1v) is 4.70. The highest BCUT2D eigenvalue weighted by Gasteiger charge is 2.31. The molecule has 0 heterocycles.